The van der Waals surface area contributed by atoms with E-state index in [-0.39, 0.29) is 0 Å². The van der Waals surface area contributed by atoms with Crippen LogP contribution in [-0.2, 0) is 0 Å². The van der Waals surface area contributed by atoms with Gasteiger partial charge in [0.25, 0.3) is 0 Å². The summed E-state index contributed by atoms with van der Waals surface area (Å²) in [6.45, 7) is 0. The van der Waals surface area contributed by atoms with Crippen molar-refractivity contribution < 1.29 is 0 Å². The lowest BCUT2D eigenvalue weighted by molar-refractivity contribution is 0.398. The predicted octanol–water partition coefficient (Wildman–Crippen LogP) is 4.89. The molecule has 4 unspecified atom stereocenters. The van der Waals surface area contributed by atoms with Gasteiger partial charge in [-0.15, -0.1) is 0 Å². The molecule has 17 heavy (non-hydrogen) atoms. The summed E-state index contributed by atoms with van der Waals surface area (Å²) in [7, 11) is 0. The topological polar surface area (TPSA) is 0 Å². The van der Waals surface area contributed by atoms with Crippen molar-refractivity contribution in [2.75, 3.05) is 0 Å². The van der Waals surface area contributed by atoms with Crippen molar-refractivity contribution in [1.29, 1.82) is 0 Å². The first-order chi connectivity index (χ1) is 8.45. The molecule has 0 amide bonds. The molecule has 0 aliphatic heterocycles. The first-order valence-electron chi connectivity index (χ1n) is 7.45. The van der Waals surface area contributed by atoms with Gasteiger partial charge in [0.1, 0.15) is 0 Å². The predicted molar refractivity (Wildman–Crippen MR) is 73.7 cm³/mol. The Balaban J connectivity index is 0.000000115. The van der Waals surface area contributed by atoms with Crippen molar-refractivity contribution in [3.63, 3.8) is 0 Å². The monoisotopic (exact) mass is 228 g/mol. The highest BCUT2D eigenvalue weighted by Gasteiger charge is 2.44. The van der Waals surface area contributed by atoms with E-state index in [1.54, 1.807) is 0 Å². The first-order valence-corrected chi connectivity index (χ1v) is 7.45. The zero-order valence-electron chi connectivity index (χ0n) is 10.7. The van der Waals surface area contributed by atoms with Crippen molar-refractivity contribution in [3.8, 4) is 0 Å². The van der Waals surface area contributed by atoms with Crippen LogP contribution in [0.5, 0.6) is 0 Å². The molecular formula is C17H24. The Morgan fingerprint density at radius 1 is 0.706 bits per heavy atom. The van der Waals surface area contributed by atoms with Crippen molar-refractivity contribution in [2.24, 2.45) is 23.7 Å². The molecule has 1 fully saturated rings. The van der Waals surface area contributed by atoms with Crippen LogP contribution in [0.1, 0.15) is 44.9 Å². The largest absolute Gasteiger partial charge is 0.0885 e. The van der Waals surface area contributed by atoms with Crippen molar-refractivity contribution in [1.82, 2.24) is 0 Å². The highest BCUT2D eigenvalue weighted by atomic mass is 14.5. The molecule has 0 aromatic heterocycles. The molecule has 0 radical (unpaired) electrons. The smallest absolute Gasteiger partial charge is 0.0133 e. The van der Waals surface area contributed by atoms with Gasteiger partial charge in [-0.1, -0.05) is 42.9 Å². The van der Waals surface area contributed by atoms with Crippen LogP contribution in [0.2, 0.25) is 0 Å². The van der Waals surface area contributed by atoms with Gasteiger partial charge in [-0.05, 0) is 62.2 Å². The fourth-order valence-electron chi connectivity index (χ4n) is 3.91. The molecule has 4 aliphatic rings. The van der Waals surface area contributed by atoms with Crippen LogP contribution in [0.15, 0.2) is 36.5 Å². The quantitative estimate of drug-likeness (QED) is 0.518. The number of hydrogen-bond acceptors (Lipinski definition) is 0. The van der Waals surface area contributed by atoms with Gasteiger partial charge in [-0.3, -0.25) is 0 Å². The average molecular weight is 228 g/mol. The van der Waals surface area contributed by atoms with Gasteiger partial charge >= 0.3 is 0 Å². The third-order valence-electron chi connectivity index (χ3n) is 4.86. The molecule has 0 heterocycles. The average Bonchev–Trinajstić information content (AvgIpc) is 2.99. The summed E-state index contributed by atoms with van der Waals surface area (Å²) < 4.78 is 0. The SMILES string of the molecule is C1=CC2C3C=CC(C3)C2C1.C1=CCCCCC1. The molecule has 92 valence electrons. The van der Waals surface area contributed by atoms with Crippen LogP contribution in [0.3, 0.4) is 0 Å². The van der Waals surface area contributed by atoms with Gasteiger partial charge in [-0.25, -0.2) is 0 Å². The Morgan fingerprint density at radius 2 is 1.47 bits per heavy atom. The summed E-state index contributed by atoms with van der Waals surface area (Å²) in [4.78, 5) is 0. The molecule has 0 aromatic carbocycles. The van der Waals surface area contributed by atoms with Crippen LogP contribution >= 0.6 is 0 Å². The summed E-state index contributed by atoms with van der Waals surface area (Å²) in [6, 6.07) is 0. The first kappa shape index (κ1) is 11.3. The number of rotatable bonds is 0. The zero-order chi connectivity index (χ0) is 11.5. The molecule has 0 saturated heterocycles. The van der Waals surface area contributed by atoms with Crippen molar-refractivity contribution in [3.05, 3.63) is 36.5 Å². The van der Waals surface area contributed by atoms with E-state index in [2.05, 4.69) is 36.5 Å². The van der Waals surface area contributed by atoms with Gasteiger partial charge in [0, 0.05) is 0 Å². The molecule has 0 N–H and O–H groups in total. The second kappa shape index (κ2) is 5.25. The summed E-state index contributed by atoms with van der Waals surface area (Å²) in [5, 5.41) is 0. The lowest BCUT2D eigenvalue weighted by Gasteiger charge is -2.18. The minimum atomic E-state index is 0.925. The molecule has 0 spiro atoms. The molecule has 4 aliphatic carbocycles. The Bertz CT molecular complexity index is 326. The van der Waals surface area contributed by atoms with Crippen LogP contribution in [0.25, 0.3) is 0 Å². The number of allylic oxidation sites excluding steroid dienone is 6. The summed E-state index contributed by atoms with van der Waals surface area (Å²) in [5.74, 6) is 3.82. The number of fused-ring (bicyclic) bond motifs is 5. The van der Waals surface area contributed by atoms with E-state index < -0.39 is 0 Å². The van der Waals surface area contributed by atoms with E-state index in [9.17, 15) is 0 Å². The molecule has 2 bridgehead atoms. The Morgan fingerprint density at radius 3 is 2.24 bits per heavy atom. The van der Waals surface area contributed by atoms with E-state index in [0.717, 1.165) is 23.7 Å². The molecule has 0 heteroatoms. The fourth-order valence-corrected chi connectivity index (χ4v) is 3.91. The molecular weight excluding hydrogens is 204 g/mol. The van der Waals surface area contributed by atoms with Gasteiger partial charge in [0.05, 0.1) is 0 Å². The Hall–Kier alpha value is -0.780. The van der Waals surface area contributed by atoms with E-state index in [1.165, 1.54) is 44.9 Å². The lowest BCUT2D eigenvalue weighted by Crippen LogP contribution is -2.12. The van der Waals surface area contributed by atoms with Crippen molar-refractivity contribution >= 4 is 0 Å². The highest BCUT2D eigenvalue weighted by Crippen LogP contribution is 2.52. The van der Waals surface area contributed by atoms with Gasteiger partial charge in [-0.2, -0.15) is 0 Å². The Labute approximate surface area is 105 Å². The van der Waals surface area contributed by atoms with Gasteiger partial charge in [0.2, 0.25) is 0 Å². The Kier molecular flexibility index (Phi) is 3.49. The molecule has 4 atom stereocenters. The highest BCUT2D eigenvalue weighted by molar-refractivity contribution is 5.21. The third-order valence-corrected chi connectivity index (χ3v) is 4.86. The van der Waals surface area contributed by atoms with E-state index in [1.807, 2.05) is 0 Å². The molecule has 1 saturated carbocycles. The maximum atomic E-state index is 2.44. The van der Waals surface area contributed by atoms with Gasteiger partial charge < -0.3 is 0 Å². The van der Waals surface area contributed by atoms with Crippen LogP contribution < -0.4 is 0 Å². The second-order valence-electron chi connectivity index (χ2n) is 5.96. The summed E-state index contributed by atoms with van der Waals surface area (Å²) >= 11 is 0. The standard InChI is InChI=1S/C10H12.C7H12/c1-2-9-7-4-5-8(6-7)10(9)3-1;1-2-4-6-7-5-3-1/h1-2,4-5,7-10H,3,6H2;1-2H,3-7H2. The minimum Gasteiger partial charge on any atom is -0.0885 e. The molecule has 4 rings (SSSR count). The zero-order valence-corrected chi connectivity index (χ0v) is 10.7. The van der Waals surface area contributed by atoms with E-state index >= 15 is 0 Å². The second-order valence-corrected chi connectivity index (χ2v) is 5.96. The van der Waals surface area contributed by atoms with E-state index in [4.69, 9.17) is 0 Å². The third kappa shape index (κ3) is 2.41. The summed E-state index contributed by atoms with van der Waals surface area (Å²) in [5.41, 5.74) is 0. The van der Waals surface area contributed by atoms with Crippen LogP contribution in [0.4, 0.5) is 0 Å². The fraction of sp³-hybridized carbons (Fsp3) is 0.647. The maximum absolute atomic E-state index is 2.44. The van der Waals surface area contributed by atoms with E-state index in [0.29, 0.717) is 0 Å². The summed E-state index contributed by atoms with van der Waals surface area (Å²) in [6.07, 6.45) is 24.0. The maximum Gasteiger partial charge on any atom is -0.0133 e. The van der Waals surface area contributed by atoms with Crippen LogP contribution in [0, 0.1) is 23.7 Å². The number of hydrogen-bond donors (Lipinski definition) is 0. The minimum absolute atomic E-state index is 0.925. The lowest BCUT2D eigenvalue weighted by atomic mass is 9.86. The molecule has 0 nitrogen and oxygen atoms in total. The van der Waals surface area contributed by atoms with Crippen LogP contribution in [-0.4, -0.2) is 0 Å². The van der Waals surface area contributed by atoms with Gasteiger partial charge in [0.15, 0.2) is 0 Å². The normalized spacial score (nSPS) is 40.9. The molecule has 0 aromatic rings. The van der Waals surface area contributed by atoms with Crippen molar-refractivity contribution in [2.45, 2.75) is 44.9 Å².